The van der Waals surface area contributed by atoms with Gasteiger partial charge in [-0.15, -0.1) is 0 Å². The molecule has 6 nitrogen and oxygen atoms in total. The number of hydrogen-bond acceptors (Lipinski definition) is 5. The highest BCUT2D eigenvalue weighted by atomic mass is 16.5. The van der Waals surface area contributed by atoms with E-state index >= 15 is 0 Å². The molecular formula is C16H19N3O3. The third-order valence-electron chi connectivity index (χ3n) is 2.90. The number of carbonyl (C=O) groups is 1. The second-order valence-corrected chi connectivity index (χ2v) is 4.63. The quantitative estimate of drug-likeness (QED) is 0.887. The fourth-order valence-electron chi connectivity index (χ4n) is 1.90. The molecule has 0 aliphatic heterocycles. The van der Waals surface area contributed by atoms with Crippen molar-refractivity contribution in [1.29, 1.82) is 0 Å². The van der Waals surface area contributed by atoms with Crippen molar-refractivity contribution in [2.45, 2.75) is 20.8 Å². The molecule has 2 rings (SSSR count). The maximum absolute atomic E-state index is 12.0. The SMILES string of the molecule is CCOc1nc(C)c(NC(=O)COc2ccccc2)c(C)n1. The molecule has 0 atom stereocenters. The van der Waals surface area contributed by atoms with Crippen LogP contribution in [0.3, 0.4) is 0 Å². The summed E-state index contributed by atoms with van der Waals surface area (Å²) in [7, 11) is 0. The molecule has 0 saturated carbocycles. The predicted molar refractivity (Wildman–Crippen MR) is 83.2 cm³/mol. The van der Waals surface area contributed by atoms with Crippen LogP contribution in [0.2, 0.25) is 0 Å². The second kappa shape index (κ2) is 7.40. The van der Waals surface area contributed by atoms with E-state index in [0.29, 0.717) is 35.4 Å². The molecule has 0 bridgehead atoms. The number of benzene rings is 1. The van der Waals surface area contributed by atoms with E-state index in [1.165, 1.54) is 0 Å². The van der Waals surface area contributed by atoms with Crippen LogP contribution < -0.4 is 14.8 Å². The van der Waals surface area contributed by atoms with E-state index in [4.69, 9.17) is 9.47 Å². The number of nitrogens with one attached hydrogen (secondary N) is 1. The molecular weight excluding hydrogens is 282 g/mol. The molecule has 0 fully saturated rings. The van der Waals surface area contributed by atoms with Gasteiger partial charge in [0.2, 0.25) is 0 Å². The van der Waals surface area contributed by atoms with Gasteiger partial charge in [-0.05, 0) is 32.9 Å². The minimum absolute atomic E-state index is 0.0733. The highest BCUT2D eigenvalue weighted by molar-refractivity contribution is 5.92. The van der Waals surface area contributed by atoms with Crippen molar-refractivity contribution in [2.75, 3.05) is 18.5 Å². The van der Waals surface area contributed by atoms with Gasteiger partial charge in [0.25, 0.3) is 5.91 Å². The fourth-order valence-corrected chi connectivity index (χ4v) is 1.90. The molecule has 1 N–H and O–H groups in total. The number of nitrogens with zero attached hydrogens (tertiary/aromatic N) is 2. The Morgan fingerprint density at radius 1 is 1.09 bits per heavy atom. The van der Waals surface area contributed by atoms with Gasteiger partial charge in [0.15, 0.2) is 6.61 Å². The van der Waals surface area contributed by atoms with Crippen LogP contribution in [0.15, 0.2) is 30.3 Å². The van der Waals surface area contributed by atoms with Crippen LogP contribution in [0.5, 0.6) is 11.8 Å². The summed E-state index contributed by atoms with van der Waals surface area (Å²) < 4.78 is 10.7. The standard InChI is InChI=1S/C16H19N3O3/c1-4-21-16-17-11(2)15(12(3)18-16)19-14(20)10-22-13-8-6-5-7-9-13/h5-9H,4,10H2,1-3H3,(H,19,20). The summed E-state index contributed by atoms with van der Waals surface area (Å²) in [5.74, 6) is 0.386. The molecule has 0 aliphatic rings. The van der Waals surface area contributed by atoms with E-state index in [9.17, 15) is 4.79 Å². The number of aryl methyl sites for hydroxylation is 2. The first-order valence-electron chi connectivity index (χ1n) is 7.06. The van der Waals surface area contributed by atoms with Gasteiger partial charge >= 0.3 is 6.01 Å². The average molecular weight is 301 g/mol. The van der Waals surface area contributed by atoms with Crippen molar-refractivity contribution in [3.05, 3.63) is 41.7 Å². The van der Waals surface area contributed by atoms with Gasteiger partial charge in [0.05, 0.1) is 23.7 Å². The lowest BCUT2D eigenvalue weighted by molar-refractivity contribution is -0.118. The lowest BCUT2D eigenvalue weighted by atomic mass is 10.3. The molecule has 0 saturated heterocycles. The van der Waals surface area contributed by atoms with Crippen LogP contribution in [0, 0.1) is 13.8 Å². The van der Waals surface area contributed by atoms with Crippen molar-refractivity contribution in [2.24, 2.45) is 0 Å². The van der Waals surface area contributed by atoms with Crippen molar-refractivity contribution in [1.82, 2.24) is 9.97 Å². The predicted octanol–water partition coefficient (Wildman–Crippen LogP) is 2.51. The van der Waals surface area contributed by atoms with Crippen molar-refractivity contribution in [3.63, 3.8) is 0 Å². The molecule has 0 aliphatic carbocycles. The number of aromatic nitrogens is 2. The monoisotopic (exact) mass is 301 g/mol. The zero-order chi connectivity index (χ0) is 15.9. The molecule has 1 amide bonds. The van der Waals surface area contributed by atoms with Gasteiger partial charge in [0.1, 0.15) is 5.75 Å². The molecule has 6 heteroatoms. The fraction of sp³-hybridized carbons (Fsp3) is 0.312. The summed E-state index contributed by atoms with van der Waals surface area (Å²) >= 11 is 0. The summed E-state index contributed by atoms with van der Waals surface area (Å²) in [6.45, 7) is 5.88. The maximum Gasteiger partial charge on any atom is 0.316 e. The highest BCUT2D eigenvalue weighted by Crippen LogP contribution is 2.19. The van der Waals surface area contributed by atoms with Gasteiger partial charge in [-0.1, -0.05) is 18.2 Å². The minimum Gasteiger partial charge on any atom is -0.484 e. The van der Waals surface area contributed by atoms with Crippen molar-refractivity contribution >= 4 is 11.6 Å². The molecule has 2 aromatic rings. The second-order valence-electron chi connectivity index (χ2n) is 4.63. The van der Waals surface area contributed by atoms with E-state index in [1.807, 2.05) is 25.1 Å². The summed E-state index contributed by atoms with van der Waals surface area (Å²) in [6, 6.07) is 9.49. The summed E-state index contributed by atoms with van der Waals surface area (Å²) in [4.78, 5) is 20.4. The molecule has 1 aromatic carbocycles. The van der Waals surface area contributed by atoms with Crippen LogP contribution >= 0.6 is 0 Å². The molecule has 0 radical (unpaired) electrons. The molecule has 116 valence electrons. The van der Waals surface area contributed by atoms with Crippen LogP contribution in [-0.2, 0) is 4.79 Å². The lowest BCUT2D eigenvalue weighted by Gasteiger charge is -2.12. The number of hydrogen-bond donors (Lipinski definition) is 1. The van der Waals surface area contributed by atoms with E-state index in [1.54, 1.807) is 26.0 Å². The maximum atomic E-state index is 12.0. The molecule has 0 unspecified atom stereocenters. The van der Waals surface area contributed by atoms with Gasteiger partial charge in [-0.3, -0.25) is 4.79 Å². The van der Waals surface area contributed by atoms with Crippen LogP contribution in [0.25, 0.3) is 0 Å². The number of rotatable bonds is 6. The van der Waals surface area contributed by atoms with Crippen LogP contribution in [0.1, 0.15) is 18.3 Å². The van der Waals surface area contributed by atoms with Gasteiger partial charge < -0.3 is 14.8 Å². The summed E-state index contributed by atoms with van der Waals surface area (Å²) in [5.41, 5.74) is 1.90. The Balaban J connectivity index is 1.99. The first kappa shape index (κ1) is 15.8. The largest absolute Gasteiger partial charge is 0.484 e. The Labute approximate surface area is 129 Å². The smallest absolute Gasteiger partial charge is 0.316 e. The Morgan fingerprint density at radius 2 is 1.73 bits per heavy atom. The number of anilines is 1. The number of ether oxygens (including phenoxy) is 2. The van der Waals surface area contributed by atoms with Crippen molar-refractivity contribution in [3.8, 4) is 11.8 Å². The number of carbonyl (C=O) groups excluding carboxylic acids is 1. The summed E-state index contributed by atoms with van der Waals surface area (Å²) in [5, 5.41) is 2.77. The lowest BCUT2D eigenvalue weighted by Crippen LogP contribution is -2.22. The van der Waals surface area contributed by atoms with Crippen molar-refractivity contribution < 1.29 is 14.3 Å². The van der Waals surface area contributed by atoms with Gasteiger partial charge in [-0.2, -0.15) is 9.97 Å². The Bertz CT molecular complexity index is 621. The Morgan fingerprint density at radius 3 is 2.32 bits per heavy atom. The minimum atomic E-state index is -0.261. The number of para-hydroxylation sites is 1. The zero-order valence-corrected chi connectivity index (χ0v) is 12.9. The van der Waals surface area contributed by atoms with Crippen LogP contribution in [-0.4, -0.2) is 29.1 Å². The first-order valence-corrected chi connectivity index (χ1v) is 7.06. The molecule has 1 aromatic heterocycles. The van der Waals surface area contributed by atoms with E-state index in [0.717, 1.165) is 0 Å². The molecule has 1 heterocycles. The van der Waals surface area contributed by atoms with Gasteiger partial charge in [-0.25, -0.2) is 0 Å². The first-order chi connectivity index (χ1) is 10.6. The molecule has 22 heavy (non-hydrogen) atoms. The Hall–Kier alpha value is -2.63. The van der Waals surface area contributed by atoms with E-state index < -0.39 is 0 Å². The van der Waals surface area contributed by atoms with E-state index in [2.05, 4.69) is 15.3 Å². The zero-order valence-electron chi connectivity index (χ0n) is 12.9. The third-order valence-corrected chi connectivity index (χ3v) is 2.90. The van der Waals surface area contributed by atoms with Crippen LogP contribution in [0.4, 0.5) is 5.69 Å². The summed E-state index contributed by atoms with van der Waals surface area (Å²) in [6.07, 6.45) is 0. The van der Waals surface area contributed by atoms with Gasteiger partial charge in [0, 0.05) is 0 Å². The molecule has 0 spiro atoms. The number of amides is 1. The topological polar surface area (TPSA) is 73.3 Å². The highest BCUT2D eigenvalue weighted by Gasteiger charge is 2.12. The normalized spacial score (nSPS) is 10.1. The third kappa shape index (κ3) is 4.18. The average Bonchev–Trinajstić information content (AvgIpc) is 2.50. The van der Waals surface area contributed by atoms with E-state index in [-0.39, 0.29) is 12.5 Å². The Kier molecular flexibility index (Phi) is 5.30.